The van der Waals surface area contributed by atoms with Gasteiger partial charge in [-0.1, -0.05) is 12.1 Å². The van der Waals surface area contributed by atoms with Crippen molar-refractivity contribution >= 4 is 23.0 Å². The van der Waals surface area contributed by atoms with E-state index >= 15 is 0 Å². The van der Waals surface area contributed by atoms with Gasteiger partial charge in [-0.2, -0.15) is 0 Å². The number of urea groups is 1. The van der Waals surface area contributed by atoms with Gasteiger partial charge < -0.3 is 20.5 Å². The number of allylic oxidation sites excluding steroid dienone is 1. The Kier molecular flexibility index (Phi) is 4.25. The average molecular weight is 369 g/mol. The summed E-state index contributed by atoms with van der Waals surface area (Å²) in [5, 5.41) is 5.40. The van der Waals surface area contributed by atoms with Crippen molar-refractivity contribution < 1.29 is 9.59 Å². The number of benzene rings is 1. The van der Waals surface area contributed by atoms with Crippen molar-refractivity contribution in [2.24, 2.45) is 0 Å². The number of nitrogens with one attached hydrogen (secondary N) is 3. The number of carbonyl (C=O) groups is 2. The summed E-state index contributed by atoms with van der Waals surface area (Å²) < 4.78 is 1.81. The number of aromatic nitrogens is 2. The van der Waals surface area contributed by atoms with E-state index in [2.05, 4.69) is 15.6 Å². The van der Waals surface area contributed by atoms with Crippen LogP contribution in [0.3, 0.4) is 0 Å². The Labute approximate surface area is 156 Å². The molecule has 0 unspecified atom stereocenters. The maximum atomic E-state index is 13.0. The summed E-state index contributed by atoms with van der Waals surface area (Å²) in [5.41, 5.74) is 2.83. The Morgan fingerprint density at radius 2 is 1.85 bits per heavy atom. The third kappa shape index (κ3) is 3.01. The van der Waals surface area contributed by atoms with Crippen LogP contribution >= 0.6 is 0 Å². The fraction of sp³-hybridized carbons (Fsp3) is 0.421. The normalized spacial score (nSPS) is 21.3. The summed E-state index contributed by atoms with van der Waals surface area (Å²) in [5.74, 6) is -0.0581. The van der Waals surface area contributed by atoms with E-state index in [-0.39, 0.29) is 29.7 Å². The Morgan fingerprint density at radius 1 is 1.15 bits per heavy atom. The van der Waals surface area contributed by atoms with Gasteiger partial charge in [0.05, 0.1) is 22.6 Å². The molecule has 1 atom stereocenters. The third-order valence-corrected chi connectivity index (χ3v) is 5.46. The maximum absolute atomic E-state index is 13.0. The smallest absolute Gasteiger partial charge is 0.326 e. The van der Waals surface area contributed by atoms with Crippen LogP contribution in [0.4, 0.5) is 4.79 Å². The third-order valence-electron chi connectivity index (χ3n) is 5.46. The van der Waals surface area contributed by atoms with Crippen molar-refractivity contribution in [3.8, 4) is 0 Å². The summed E-state index contributed by atoms with van der Waals surface area (Å²) in [4.78, 5) is 41.6. The summed E-state index contributed by atoms with van der Waals surface area (Å²) in [6.45, 7) is 4.72. The molecular weight excluding hydrogens is 346 g/mol. The first-order chi connectivity index (χ1) is 13.0. The van der Waals surface area contributed by atoms with Crippen LogP contribution in [-0.4, -0.2) is 45.5 Å². The van der Waals surface area contributed by atoms with Crippen molar-refractivity contribution in [2.45, 2.75) is 38.8 Å². The average Bonchev–Trinajstić information content (AvgIpc) is 2.96. The number of fused-ring (bicyclic) bond motifs is 1. The van der Waals surface area contributed by atoms with Gasteiger partial charge in [-0.15, -0.1) is 0 Å². The van der Waals surface area contributed by atoms with Gasteiger partial charge in [-0.25, -0.2) is 9.59 Å². The molecule has 1 fully saturated rings. The number of likely N-dealkylation sites (tertiary alicyclic amines) is 1. The Balaban J connectivity index is 1.51. The number of carbonyl (C=O) groups excluding carboxylic acids is 2. The zero-order valence-corrected chi connectivity index (χ0v) is 15.4. The lowest BCUT2D eigenvalue weighted by molar-refractivity contribution is -0.128. The monoisotopic (exact) mass is 369 g/mol. The molecule has 3 heterocycles. The lowest BCUT2D eigenvalue weighted by Crippen LogP contribution is -2.51. The van der Waals surface area contributed by atoms with Crippen LogP contribution in [0.25, 0.3) is 11.0 Å². The van der Waals surface area contributed by atoms with Gasteiger partial charge in [0.25, 0.3) is 5.91 Å². The first-order valence-electron chi connectivity index (χ1n) is 9.22. The number of amides is 3. The number of rotatable bonds is 2. The number of imidazole rings is 1. The Hall–Kier alpha value is -3.03. The minimum atomic E-state index is -0.319. The number of para-hydroxylation sites is 2. The van der Waals surface area contributed by atoms with Crippen LogP contribution in [-0.2, 0) is 4.79 Å². The topological polar surface area (TPSA) is 99.2 Å². The van der Waals surface area contributed by atoms with E-state index < -0.39 is 0 Å². The summed E-state index contributed by atoms with van der Waals surface area (Å²) >= 11 is 0. The van der Waals surface area contributed by atoms with Gasteiger partial charge in [0.2, 0.25) is 0 Å². The van der Waals surface area contributed by atoms with Gasteiger partial charge in [0.1, 0.15) is 0 Å². The van der Waals surface area contributed by atoms with Gasteiger partial charge >= 0.3 is 11.7 Å². The van der Waals surface area contributed by atoms with Crippen LogP contribution in [0.5, 0.6) is 0 Å². The van der Waals surface area contributed by atoms with Gasteiger partial charge in [-0.05, 0) is 38.8 Å². The highest BCUT2D eigenvalue weighted by Gasteiger charge is 2.32. The molecule has 1 saturated heterocycles. The number of hydrogen-bond donors (Lipinski definition) is 3. The van der Waals surface area contributed by atoms with Crippen molar-refractivity contribution in [2.75, 3.05) is 13.1 Å². The second kappa shape index (κ2) is 6.61. The largest absolute Gasteiger partial charge is 0.339 e. The molecule has 2 aliphatic heterocycles. The zero-order valence-electron chi connectivity index (χ0n) is 15.4. The van der Waals surface area contributed by atoms with E-state index in [1.165, 1.54) is 0 Å². The van der Waals surface area contributed by atoms with E-state index in [1.807, 2.05) is 40.7 Å². The fourth-order valence-electron chi connectivity index (χ4n) is 4.15. The first-order valence-corrected chi connectivity index (χ1v) is 9.22. The highest BCUT2D eigenvalue weighted by molar-refractivity contribution is 5.98. The van der Waals surface area contributed by atoms with E-state index in [0.29, 0.717) is 37.2 Å². The molecule has 1 aromatic carbocycles. The molecule has 0 radical (unpaired) electrons. The molecule has 2 aromatic rings. The molecule has 3 N–H and O–H groups in total. The summed E-state index contributed by atoms with van der Waals surface area (Å²) in [6.07, 6.45) is 1.43. The minimum absolute atomic E-state index is 0.0581. The molecule has 0 aliphatic carbocycles. The number of aromatic amines is 1. The van der Waals surface area contributed by atoms with E-state index in [4.69, 9.17) is 0 Å². The fourth-order valence-corrected chi connectivity index (χ4v) is 4.15. The summed E-state index contributed by atoms with van der Waals surface area (Å²) in [7, 11) is 0. The molecule has 142 valence electrons. The quantitative estimate of drug-likeness (QED) is 0.747. The minimum Gasteiger partial charge on any atom is -0.339 e. The van der Waals surface area contributed by atoms with Crippen LogP contribution in [0.15, 0.2) is 40.3 Å². The number of piperidine rings is 1. The molecule has 27 heavy (non-hydrogen) atoms. The predicted octanol–water partition coefficient (Wildman–Crippen LogP) is 1.47. The number of hydrogen-bond acceptors (Lipinski definition) is 3. The standard InChI is InChI=1S/C19H23N5O3/c1-11-16(12(2)21-18(26)20-11)17(25)23-9-7-13(8-10-23)24-15-6-4-3-5-14(15)22-19(24)27/h3-6,11,13H,7-10H2,1-2H3,(H,22,27)(H2,20,21,26)/t11-/m1/s1. The second-order valence-electron chi connectivity index (χ2n) is 7.20. The van der Waals surface area contributed by atoms with E-state index in [9.17, 15) is 14.4 Å². The molecule has 8 heteroatoms. The van der Waals surface area contributed by atoms with E-state index in [1.54, 1.807) is 6.92 Å². The van der Waals surface area contributed by atoms with Crippen molar-refractivity contribution in [3.05, 3.63) is 46.0 Å². The van der Waals surface area contributed by atoms with Crippen molar-refractivity contribution in [1.29, 1.82) is 0 Å². The molecule has 3 amide bonds. The molecular formula is C19H23N5O3. The number of nitrogens with zero attached hydrogens (tertiary/aromatic N) is 2. The molecule has 0 spiro atoms. The highest BCUT2D eigenvalue weighted by Crippen LogP contribution is 2.26. The maximum Gasteiger partial charge on any atom is 0.326 e. The highest BCUT2D eigenvalue weighted by atomic mass is 16.2. The molecule has 8 nitrogen and oxygen atoms in total. The van der Waals surface area contributed by atoms with Crippen LogP contribution in [0.2, 0.25) is 0 Å². The van der Waals surface area contributed by atoms with Crippen molar-refractivity contribution in [1.82, 2.24) is 25.1 Å². The molecule has 4 rings (SSSR count). The lowest BCUT2D eigenvalue weighted by Gasteiger charge is -2.35. The Morgan fingerprint density at radius 3 is 2.56 bits per heavy atom. The first kappa shape index (κ1) is 17.4. The van der Waals surface area contributed by atoms with Crippen molar-refractivity contribution in [3.63, 3.8) is 0 Å². The van der Waals surface area contributed by atoms with Gasteiger partial charge in [-0.3, -0.25) is 9.36 Å². The Bertz CT molecular complexity index is 994. The molecule has 0 bridgehead atoms. The molecule has 2 aliphatic rings. The SMILES string of the molecule is CC1=C(C(=O)N2CCC(n3c(=O)[nH]c4ccccc43)CC2)[C@@H](C)NC(=O)N1. The summed E-state index contributed by atoms with van der Waals surface area (Å²) in [6, 6.07) is 7.12. The van der Waals surface area contributed by atoms with Crippen LogP contribution < -0.4 is 16.3 Å². The van der Waals surface area contributed by atoms with Gasteiger partial charge in [0, 0.05) is 24.8 Å². The molecule has 0 saturated carbocycles. The zero-order chi connectivity index (χ0) is 19.1. The number of H-pyrrole nitrogens is 1. The van der Waals surface area contributed by atoms with Gasteiger partial charge in [0.15, 0.2) is 0 Å². The van der Waals surface area contributed by atoms with Crippen LogP contribution in [0, 0.1) is 0 Å². The lowest BCUT2D eigenvalue weighted by atomic mass is 9.99. The second-order valence-corrected chi connectivity index (χ2v) is 7.20. The van der Waals surface area contributed by atoms with Crippen LogP contribution in [0.1, 0.15) is 32.7 Å². The van der Waals surface area contributed by atoms with E-state index in [0.717, 1.165) is 11.0 Å². The molecule has 1 aromatic heterocycles. The predicted molar refractivity (Wildman–Crippen MR) is 101 cm³/mol.